The summed E-state index contributed by atoms with van der Waals surface area (Å²) in [4.78, 5) is 12.3. The van der Waals surface area contributed by atoms with E-state index in [-0.39, 0.29) is 0 Å². The van der Waals surface area contributed by atoms with Crippen molar-refractivity contribution in [3.63, 3.8) is 0 Å². The van der Waals surface area contributed by atoms with Crippen molar-refractivity contribution >= 4 is 0 Å². The molecule has 88 valence electrons. The van der Waals surface area contributed by atoms with E-state index in [4.69, 9.17) is 0 Å². The Morgan fingerprint density at radius 1 is 1.47 bits per heavy atom. The minimum absolute atomic E-state index is 0.413. The second-order valence-electron chi connectivity index (χ2n) is 4.41. The Labute approximate surface area is 101 Å². The Morgan fingerprint density at radius 2 is 2.41 bits per heavy atom. The molecule has 2 aromatic rings. The van der Waals surface area contributed by atoms with Gasteiger partial charge >= 0.3 is 0 Å². The number of nitrogens with zero attached hydrogens (tertiary/aromatic N) is 2. The summed E-state index contributed by atoms with van der Waals surface area (Å²) < 4.78 is 0. The highest BCUT2D eigenvalue weighted by Crippen LogP contribution is 2.28. The van der Waals surface area contributed by atoms with E-state index in [1.165, 1.54) is 24.1 Å². The van der Waals surface area contributed by atoms with Crippen molar-refractivity contribution in [2.24, 2.45) is 0 Å². The van der Waals surface area contributed by atoms with Gasteiger partial charge in [-0.3, -0.25) is 0 Å². The molecule has 0 aromatic carbocycles. The maximum atomic E-state index is 4.67. The van der Waals surface area contributed by atoms with Crippen LogP contribution >= 0.6 is 0 Å². The van der Waals surface area contributed by atoms with Gasteiger partial charge in [0.05, 0.1) is 5.69 Å². The molecule has 2 aromatic heterocycles. The molecule has 1 aliphatic rings. The molecule has 3 rings (SSSR count). The van der Waals surface area contributed by atoms with E-state index < -0.39 is 0 Å². The second-order valence-corrected chi connectivity index (χ2v) is 4.41. The number of hydrogen-bond acceptors (Lipinski definition) is 3. The van der Waals surface area contributed by atoms with Crippen molar-refractivity contribution in [3.05, 3.63) is 35.8 Å². The monoisotopic (exact) mass is 228 g/mol. The topological polar surface area (TPSA) is 53.6 Å². The molecule has 2 heterocycles. The SMILES string of the molecule is CNC1CCCc2nc(-c3ccc[nH]3)ncc21. The number of H-pyrrole nitrogens is 1. The average molecular weight is 228 g/mol. The first-order valence-corrected chi connectivity index (χ1v) is 6.05. The molecule has 0 spiro atoms. The first-order valence-electron chi connectivity index (χ1n) is 6.05. The molecule has 0 amide bonds. The van der Waals surface area contributed by atoms with Crippen LogP contribution in [-0.2, 0) is 6.42 Å². The molecule has 0 saturated carbocycles. The Morgan fingerprint density at radius 3 is 3.18 bits per heavy atom. The minimum Gasteiger partial charge on any atom is -0.359 e. The summed E-state index contributed by atoms with van der Waals surface area (Å²) in [6, 6.07) is 4.38. The lowest BCUT2D eigenvalue weighted by Crippen LogP contribution is -2.22. The number of hydrogen-bond donors (Lipinski definition) is 2. The molecular formula is C13H16N4. The van der Waals surface area contributed by atoms with Gasteiger partial charge in [-0.15, -0.1) is 0 Å². The quantitative estimate of drug-likeness (QED) is 0.827. The third kappa shape index (κ3) is 1.85. The first-order chi connectivity index (χ1) is 8.38. The largest absolute Gasteiger partial charge is 0.359 e. The van der Waals surface area contributed by atoms with E-state index in [1.54, 1.807) is 0 Å². The molecule has 0 bridgehead atoms. The van der Waals surface area contributed by atoms with Crippen LogP contribution in [0.2, 0.25) is 0 Å². The van der Waals surface area contributed by atoms with Crippen LogP contribution in [0.4, 0.5) is 0 Å². The van der Waals surface area contributed by atoms with Crippen molar-refractivity contribution in [3.8, 4) is 11.5 Å². The molecule has 17 heavy (non-hydrogen) atoms. The molecule has 4 nitrogen and oxygen atoms in total. The summed E-state index contributed by atoms with van der Waals surface area (Å²) in [6.45, 7) is 0. The van der Waals surface area contributed by atoms with Crippen LogP contribution in [-0.4, -0.2) is 22.0 Å². The zero-order valence-electron chi connectivity index (χ0n) is 9.90. The minimum atomic E-state index is 0.413. The lowest BCUT2D eigenvalue weighted by Gasteiger charge is -2.23. The molecule has 0 radical (unpaired) electrons. The van der Waals surface area contributed by atoms with Crippen molar-refractivity contribution < 1.29 is 0 Å². The summed E-state index contributed by atoms with van der Waals surface area (Å²) >= 11 is 0. The van der Waals surface area contributed by atoms with Gasteiger partial charge in [0, 0.05) is 29.7 Å². The van der Waals surface area contributed by atoms with Crippen molar-refractivity contribution in [1.29, 1.82) is 0 Å². The summed E-state index contributed by atoms with van der Waals surface area (Å²) in [5.74, 6) is 0.797. The predicted octanol–water partition coefficient (Wildman–Crippen LogP) is 2.07. The van der Waals surface area contributed by atoms with E-state index in [0.29, 0.717) is 6.04 Å². The van der Waals surface area contributed by atoms with Gasteiger partial charge in [-0.05, 0) is 38.4 Å². The molecule has 2 N–H and O–H groups in total. The number of aryl methyl sites for hydroxylation is 1. The number of aromatic nitrogens is 3. The summed E-state index contributed by atoms with van der Waals surface area (Å²) in [5.41, 5.74) is 3.43. The van der Waals surface area contributed by atoms with Gasteiger partial charge in [0.1, 0.15) is 0 Å². The van der Waals surface area contributed by atoms with E-state index in [0.717, 1.165) is 17.9 Å². The van der Waals surface area contributed by atoms with Gasteiger partial charge in [-0.25, -0.2) is 9.97 Å². The van der Waals surface area contributed by atoms with Gasteiger partial charge in [-0.2, -0.15) is 0 Å². The molecular weight excluding hydrogens is 212 g/mol. The van der Waals surface area contributed by atoms with Crippen LogP contribution in [0.5, 0.6) is 0 Å². The predicted molar refractivity (Wildman–Crippen MR) is 66.6 cm³/mol. The number of aromatic amines is 1. The second kappa shape index (κ2) is 4.30. The average Bonchev–Trinajstić information content (AvgIpc) is 2.91. The molecule has 1 aliphatic carbocycles. The fraction of sp³-hybridized carbons (Fsp3) is 0.385. The Balaban J connectivity index is 2.02. The molecule has 1 atom stereocenters. The van der Waals surface area contributed by atoms with Gasteiger partial charge < -0.3 is 10.3 Å². The van der Waals surface area contributed by atoms with Gasteiger partial charge in [0.2, 0.25) is 0 Å². The number of nitrogens with one attached hydrogen (secondary N) is 2. The first kappa shape index (κ1) is 10.5. The third-order valence-electron chi connectivity index (χ3n) is 3.37. The van der Waals surface area contributed by atoms with E-state index in [1.807, 2.05) is 31.6 Å². The molecule has 4 heteroatoms. The van der Waals surface area contributed by atoms with Crippen molar-refractivity contribution in [1.82, 2.24) is 20.3 Å². The Hall–Kier alpha value is -1.68. The molecule has 0 saturated heterocycles. The highest BCUT2D eigenvalue weighted by molar-refractivity contribution is 5.49. The highest BCUT2D eigenvalue weighted by Gasteiger charge is 2.20. The standard InChI is InChI=1S/C13H16N4/c1-14-10-4-2-5-11-9(10)8-16-13(17-11)12-6-3-7-15-12/h3,6-8,10,14-15H,2,4-5H2,1H3. The maximum Gasteiger partial charge on any atom is 0.176 e. The van der Waals surface area contributed by atoms with Crippen molar-refractivity contribution in [2.75, 3.05) is 7.05 Å². The van der Waals surface area contributed by atoms with Crippen LogP contribution in [0.1, 0.15) is 30.1 Å². The third-order valence-corrected chi connectivity index (χ3v) is 3.37. The highest BCUT2D eigenvalue weighted by atomic mass is 14.9. The number of rotatable bonds is 2. The van der Waals surface area contributed by atoms with Crippen LogP contribution in [0.25, 0.3) is 11.5 Å². The normalized spacial score (nSPS) is 19.0. The van der Waals surface area contributed by atoms with Gasteiger partial charge in [0.25, 0.3) is 0 Å². The fourth-order valence-corrected chi connectivity index (χ4v) is 2.45. The summed E-state index contributed by atoms with van der Waals surface area (Å²) in [6.07, 6.45) is 7.30. The number of fused-ring (bicyclic) bond motifs is 1. The van der Waals surface area contributed by atoms with E-state index >= 15 is 0 Å². The van der Waals surface area contributed by atoms with E-state index in [9.17, 15) is 0 Å². The van der Waals surface area contributed by atoms with Crippen LogP contribution in [0.15, 0.2) is 24.5 Å². The van der Waals surface area contributed by atoms with Crippen LogP contribution in [0, 0.1) is 0 Å². The zero-order valence-corrected chi connectivity index (χ0v) is 9.90. The smallest absolute Gasteiger partial charge is 0.176 e. The maximum absolute atomic E-state index is 4.67. The fourth-order valence-electron chi connectivity index (χ4n) is 2.45. The lowest BCUT2D eigenvalue weighted by atomic mass is 9.92. The summed E-state index contributed by atoms with van der Waals surface area (Å²) in [7, 11) is 2.00. The molecule has 0 fully saturated rings. The molecule has 0 aliphatic heterocycles. The van der Waals surface area contributed by atoms with Crippen LogP contribution < -0.4 is 5.32 Å². The Kier molecular flexibility index (Phi) is 2.65. The summed E-state index contributed by atoms with van der Waals surface area (Å²) in [5, 5.41) is 3.33. The lowest BCUT2D eigenvalue weighted by molar-refractivity contribution is 0.487. The van der Waals surface area contributed by atoms with E-state index in [2.05, 4.69) is 20.3 Å². The van der Waals surface area contributed by atoms with Gasteiger partial charge in [0.15, 0.2) is 5.82 Å². The van der Waals surface area contributed by atoms with Gasteiger partial charge in [-0.1, -0.05) is 0 Å². The van der Waals surface area contributed by atoms with Crippen molar-refractivity contribution in [2.45, 2.75) is 25.3 Å². The van der Waals surface area contributed by atoms with Crippen LogP contribution in [0.3, 0.4) is 0 Å². The Bertz CT molecular complexity index is 504. The molecule has 1 unspecified atom stereocenters. The zero-order chi connectivity index (χ0) is 11.7.